The van der Waals surface area contributed by atoms with E-state index in [4.69, 9.17) is 0 Å². The standard InChI is InChI=1S/C21H31FN4O2/c1-16-4-3-5-17(2)26(16)21(28)15-25-12-10-24(11-13-25)14-20(27)23-19-8-6-18(22)7-9-19/h6-9,16-17H,3-5,10-15H2,1-2H3,(H,23,27)/t16-,17+. The molecule has 0 aromatic heterocycles. The van der Waals surface area contributed by atoms with Gasteiger partial charge in [-0.15, -0.1) is 0 Å². The fraction of sp³-hybridized carbons (Fsp3) is 0.619. The smallest absolute Gasteiger partial charge is 0.238 e. The molecule has 3 rings (SSSR count). The molecule has 2 aliphatic rings. The maximum Gasteiger partial charge on any atom is 0.238 e. The van der Waals surface area contributed by atoms with Crippen LogP contribution in [0.5, 0.6) is 0 Å². The maximum atomic E-state index is 12.9. The molecule has 2 aliphatic heterocycles. The third-order valence-corrected chi connectivity index (χ3v) is 5.80. The van der Waals surface area contributed by atoms with Crippen LogP contribution in [-0.4, -0.2) is 77.9 Å². The number of likely N-dealkylation sites (tertiary alicyclic amines) is 1. The normalized spacial score (nSPS) is 24.2. The van der Waals surface area contributed by atoms with Crippen LogP contribution in [0.15, 0.2) is 24.3 Å². The van der Waals surface area contributed by atoms with E-state index in [1.165, 1.54) is 18.6 Å². The van der Waals surface area contributed by atoms with Gasteiger partial charge in [-0.3, -0.25) is 19.4 Å². The van der Waals surface area contributed by atoms with Crippen molar-refractivity contribution in [2.45, 2.75) is 45.2 Å². The Kier molecular flexibility index (Phi) is 7.02. The molecule has 1 aromatic carbocycles. The topological polar surface area (TPSA) is 55.9 Å². The number of nitrogens with zero attached hydrogens (tertiary/aromatic N) is 3. The summed E-state index contributed by atoms with van der Waals surface area (Å²) in [6.07, 6.45) is 3.38. The lowest BCUT2D eigenvalue weighted by atomic mass is 9.97. The number of carbonyl (C=O) groups is 2. The monoisotopic (exact) mass is 390 g/mol. The predicted octanol–water partition coefficient (Wildman–Crippen LogP) is 2.17. The molecule has 6 nitrogen and oxygen atoms in total. The maximum absolute atomic E-state index is 12.9. The number of hydrogen-bond acceptors (Lipinski definition) is 4. The second-order valence-corrected chi connectivity index (χ2v) is 8.04. The number of carbonyl (C=O) groups excluding carboxylic acids is 2. The number of piperidine rings is 1. The summed E-state index contributed by atoms with van der Waals surface area (Å²) in [7, 11) is 0. The van der Waals surface area contributed by atoms with Crippen LogP contribution < -0.4 is 5.32 Å². The SMILES string of the molecule is C[C@@H]1CCC[C@H](C)N1C(=O)CN1CCN(CC(=O)Nc2ccc(F)cc2)CC1. The summed E-state index contributed by atoms with van der Waals surface area (Å²) >= 11 is 0. The third-order valence-electron chi connectivity index (χ3n) is 5.80. The van der Waals surface area contributed by atoms with Gasteiger partial charge in [0.1, 0.15) is 5.82 Å². The van der Waals surface area contributed by atoms with E-state index in [0.717, 1.165) is 39.0 Å². The quantitative estimate of drug-likeness (QED) is 0.837. The van der Waals surface area contributed by atoms with Gasteiger partial charge in [0, 0.05) is 44.0 Å². The van der Waals surface area contributed by atoms with Crippen molar-refractivity contribution in [3.63, 3.8) is 0 Å². The van der Waals surface area contributed by atoms with Gasteiger partial charge in [0.05, 0.1) is 13.1 Å². The highest BCUT2D eigenvalue weighted by molar-refractivity contribution is 5.92. The molecule has 7 heteroatoms. The molecule has 0 unspecified atom stereocenters. The van der Waals surface area contributed by atoms with Crippen molar-refractivity contribution in [3.8, 4) is 0 Å². The minimum Gasteiger partial charge on any atom is -0.336 e. The highest BCUT2D eigenvalue weighted by atomic mass is 19.1. The van der Waals surface area contributed by atoms with Crippen LogP contribution in [-0.2, 0) is 9.59 Å². The Bertz CT molecular complexity index is 663. The molecule has 1 aromatic rings. The number of nitrogens with one attached hydrogen (secondary N) is 1. The molecule has 2 atom stereocenters. The summed E-state index contributed by atoms with van der Waals surface area (Å²) < 4.78 is 12.9. The fourth-order valence-corrected chi connectivity index (χ4v) is 4.23. The molecule has 2 amide bonds. The van der Waals surface area contributed by atoms with Crippen molar-refractivity contribution in [1.29, 1.82) is 0 Å². The van der Waals surface area contributed by atoms with E-state index in [2.05, 4.69) is 33.9 Å². The second-order valence-electron chi connectivity index (χ2n) is 8.04. The van der Waals surface area contributed by atoms with Gasteiger partial charge in [-0.05, 0) is 57.4 Å². The summed E-state index contributed by atoms with van der Waals surface area (Å²) in [4.78, 5) is 31.3. The Hall–Kier alpha value is -1.99. The molecular weight excluding hydrogens is 359 g/mol. The minimum absolute atomic E-state index is 0.105. The number of halogens is 1. The van der Waals surface area contributed by atoms with Gasteiger partial charge in [0.15, 0.2) is 0 Å². The molecule has 154 valence electrons. The second kappa shape index (κ2) is 9.47. The Morgan fingerprint density at radius 3 is 2.07 bits per heavy atom. The molecule has 28 heavy (non-hydrogen) atoms. The van der Waals surface area contributed by atoms with Crippen LogP contribution in [0.1, 0.15) is 33.1 Å². The van der Waals surface area contributed by atoms with Crippen LogP contribution in [0.3, 0.4) is 0 Å². The molecule has 0 spiro atoms. The first-order valence-electron chi connectivity index (χ1n) is 10.2. The third kappa shape index (κ3) is 5.52. The number of hydrogen-bond donors (Lipinski definition) is 1. The lowest BCUT2D eigenvalue weighted by molar-refractivity contribution is -0.139. The van der Waals surface area contributed by atoms with E-state index in [9.17, 15) is 14.0 Å². The van der Waals surface area contributed by atoms with Crippen molar-refractivity contribution >= 4 is 17.5 Å². The molecule has 2 fully saturated rings. The summed E-state index contributed by atoms with van der Waals surface area (Å²) in [5, 5.41) is 2.79. The van der Waals surface area contributed by atoms with Gasteiger partial charge in [-0.2, -0.15) is 0 Å². The highest BCUT2D eigenvalue weighted by Crippen LogP contribution is 2.22. The Balaban J connectivity index is 1.41. The average molecular weight is 391 g/mol. The molecule has 0 radical (unpaired) electrons. The zero-order chi connectivity index (χ0) is 20.1. The van der Waals surface area contributed by atoms with Gasteiger partial charge in [-0.25, -0.2) is 4.39 Å². The lowest BCUT2D eigenvalue weighted by Gasteiger charge is -2.41. The molecular formula is C21H31FN4O2. The molecule has 2 heterocycles. The van der Waals surface area contributed by atoms with Crippen LogP contribution in [0.2, 0.25) is 0 Å². The number of rotatable bonds is 5. The minimum atomic E-state index is -0.322. The number of benzene rings is 1. The fourth-order valence-electron chi connectivity index (χ4n) is 4.23. The average Bonchev–Trinajstić information content (AvgIpc) is 2.65. The van der Waals surface area contributed by atoms with E-state index in [1.807, 2.05) is 0 Å². The van der Waals surface area contributed by atoms with Gasteiger partial charge in [0.25, 0.3) is 0 Å². The van der Waals surface area contributed by atoms with Crippen molar-refractivity contribution in [2.75, 3.05) is 44.6 Å². The van der Waals surface area contributed by atoms with E-state index >= 15 is 0 Å². The Morgan fingerprint density at radius 2 is 1.50 bits per heavy atom. The first kappa shape index (κ1) is 20.7. The predicted molar refractivity (Wildman–Crippen MR) is 108 cm³/mol. The number of anilines is 1. The summed E-state index contributed by atoms with van der Waals surface area (Å²) in [5.74, 6) is -0.202. The van der Waals surface area contributed by atoms with Gasteiger partial charge < -0.3 is 10.2 Å². The zero-order valence-electron chi connectivity index (χ0n) is 16.9. The summed E-state index contributed by atoms with van der Waals surface area (Å²) in [5.41, 5.74) is 0.598. The number of piperazine rings is 1. The van der Waals surface area contributed by atoms with Crippen molar-refractivity contribution in [1.82, 2.24) is 14.7 Å². The zero-order valence-corrected chi connectivity index (χ0v) is 16.9. The molecule has 1 N–H and O–H groups in total. The van der Waals surface area contributed by atoms with E-state index < -0.39 is 0 Å². The van der Waals surface area contributed by atoms with Crippen LogP contribution >= 0.6 is 0 Å². The molecule has 0 saturated carbocycles. The highest BCUT2D eigenvalue weighted by Gasteiger charge is 2.30. The van der Waals surface area contributed by atoms with Crippen LogP contribution in [0, 0.1) is 5.82 Å². The Morgan fingerprint density at radius 1 is 0.964 bits per heavy atom. The Labute approximate surface area is 166 Å². The molecule has 0 bridgehead atoms. The first-order valence-corrected chi connectivity index (χ1v) is 10.2. The molecule has 2 saturated heterocycles. The van der Waals surface area contributed by atoms with Crippen molar-refractivity contribution in [3.05, 3.63) is 30.1 Å². The van der Waals surface area contributed by atoms with E-state index in [0.29, 0.717) is 30.9 Å². The van der Waals surface area contributed by atoms with Crippen molar-refractivity contribution < 1.29 is 14.0 Å². The molecule has 0 aliphatic carbocycles. The van der Waals surface area contributed by atoms with Gasteiger partial charge in [-0.1, -0.05) is 0 Å². The largest absolute Gasteiger partial charge is 0.336 e. The van der Waals surface area contributed by atoms with Crippen LogP contribution in [0.25, 0.3) is 0 Å². The van der Waals surface area contributed by atoms with Gasteiger partial charge >= 0.3 is 0 Å². The van der Waals surface area contributed by atoms with Gasteiger partial charge in [0.2, 0.25) is 11.8 Å². The first-order chi connectivity index (χ1) is 13.4. The van der Waals surface area contributed by atoms with E-state index in [-0.39, 0.29) is 17.6 Å². The summed E-state index contributed by atoms with van der Waals surface area (Å²) in [6, 6.07) is 6.42. The summed E-state index contributed by atoms with van der Waals surface area (Å²) in [6.45, 7) is 8.14. The van der Waals surface area contributed by atoms with Crippen molar-refractivity contribution in [2.24, 2.45) is 0 Å². The lowest BCUT2D eigenvalue weighted by Crippen LogP contribution is -2.54. The van der Waals surface area contributed by atoms with Crippen LogP contribution in [0.4, 0.5) is 10.1 Å². The van der Waals surface area contributed by atoms with E-state index in [1.54, 1.807) is 12.1 Å². The number of amides is 2.